The van der Waals surface area contributed by atoms with Crippen molar-refractivity contribution >= 4 is 27.4 Å². The Labute approximate surface area is 97.5 Å². The summed E-state index contributed by atoms with van der Waals surface area (Å²) < 4.78 is 1.23. The first-order valence-electron chi connectivity index (χ1n) is 5.15. The number of carbonyl (C=O) groups excluding carboxylic acids is 1. The molecular formula is C12H13NO2S. The standard InChI is InChI=1S/C12H13NO2S/c13-9(6-12(14)15)5-8-7-16-11-4-2-1-3-10(8)11/h1-4,7,9H,5-6,13H2,(H,14,15)/t9-/m1/s1. The molecule has 1 heterocycles. The topological polar surface area (TPSA) is 67.8 Å². The van der Waals surface area contributed by atoms with Crippen molar-refractivity contribution in [1.29, 1.82) is 0 Å². The number of fused-ring (bicyclic) bond motifs is 1. The van der Waals surface area contributed by atoms with Gasteiger partial charge in [0.25, 0.3) is 0 Å². The smallest absolute Gasteiger partial charge is 0.0937 e. The molecule has 2 aromatic rings. The maximum atomic E-state index is 10.5. The number of thiophene rings is 1. The number of aliphatic carboxylic acids is 1. The minimum Gasteiger partial charge on any atom is -0.550 e. The largest absolute Gasteiger partial charge is 0.550 e. The molecule has 84 valence electrons. The average Bonchev–Trinajstić information content (AvgIpc) is 2.61. The Balaban J connectivity index is 2.18. The van der Waals surface area contributed by atoms with E-state index in [0.29, 0.717) is 6.42 Å². The molecule has 0 saturated carbocycles. The first-order valence-corrected chi connectivity index (χ1v) is 6.03. The molecule has 0 bridgehead atoms. The Hall–Kier alpha value is -1.39. The van der Waals surface area contributed by atoms with Crippen LogP contribution < -0.4 is 10.8 Å². The number of carbonyl (C=O) groups is 1. The van der Waals surface area contributed by atoms with E-state index in [0.717, 1.165) is 0 Å². The summed E-state index contributed by atoms with van der Waals surface area (Å²) in [5.41, 5.74) is 5.03. The highest BCUT2D eigenvalue weighted by molar-refractivity contribution is 7.17. The molecule has 0 radical (unpaired) electrons. The summed E-state index contributed by atoms with van der Waals surface area (Å²) in [5, 5.41) is 13.7. The molecule has 0 aliphatic carbocycles. The lowest BCUT2D eigenvalue weighted by molar-refractivity contribution is -0.423. The van der Waals surface area contributed by atoms with Gasteiger partial charge < -0.3 is 15.6 Å². The van der Waals surface area contributed by atoms with Crippen LogP contribution in [0.25, 0.3) is 10.1 Å². The van der Waals surface area contributed by atoms with Crippen LogP contribution >= 0.6 is 11.3 Å². The Morgan fingerprint density at radius 2 is 2.19 bits per heavy atom. The molecule has 0 unspecified atom stereocenters. The van der Waals surface area contributed by atoms with Crippen LogP contribution in [0.15, 0.2) is 29.6 Å². The number of hydrogen-bond donors (Lipinski definition) is 1. The van der Waals surface area contributed by atoms with Gasteiger partial charge in [0.1, 0.15) is 0 Å². The molecule has 3 nitrogen and oxygen atoms in total. The molecule has 16 heavy (non-hydrogen) atoms. The molecule has 0 fully saturated rings. The van der Waals surface area contributed by atoms with Crippen molar-refractivity contribution in [3.63, 3.8) is 0 Å². The molecule has 4 heteroatoms. The number of benzene rings is 1. The van der Waals surface area contributed by atoms with E-state index in [-0.39, 0.29) is 12.5 Å². The number of carboxylic acid groups (broad SMARTS) is 1. The second-order valence-electron chi connectivity index (χ2n) is 3.90. The van der Waals surface area contributed by atoms with Gasteiger partial charge in [-0.25, -0.2) is 0 Å². The van der Waals surface area contributed by atoms with Crippen molar-refractivity contribution in [3.05, 3.63) is 35.2 Å². The highest BCUT2D eigenvalue weighted by Gasteiger charge is 2.11. The maximum Gasteiger partial charge on any atom is 0.0937 e. The molecule has 2 rings (SSSR count). The zero-order valence-electron chi connectivity index (χ0n) is 8.81. The molecule has 0 aliphatic heterocycles. The van der Waals surface area contributed by atoms with E-state index in [1.165, 1.54) is 15.6 Å². The van der Waals surface area contributed by atoms with E-state index in [2.05, 4.69) is 23.2 Å². The van der Waals surface area contributed by atoms with Gasteiger partial charge in [-0.05, 0) is 22.4 Å². The van der Waals surface area contributed by atoms with Gasteiger partial charge in [-0.2, -0.15) is 0 Å². The zero-order valence-corrected chi connectivity index (χ0v) is 9.63. The molecule has 1 aromatic heterocycles. The molecule has 0 amide bonds. The fraction of sp³-hybridized carbons (Fsp3) is 0.250. The highest BCUT2D eigenvalue weighted by Crippen LogP contribution is 2.26. The lowest BCUT2D eigenvalue weighted by Gasteiger charge is -2.08. The van der Waals surface area contributed by atoms with Gasteiger partial charge in [-0.1, -0.05) is 18.2 Å². The summed E-state index contributed by atoms with van der Waals surface area (Å²) in [4.78, 5) is 10.5. The third kappa shape index (κ3) is 2.40. The van der Waals surface area contributed by atoms with E-state index in [4.69, 9.17) is 0 Å². The fourth-order valence-electron chi connectivity index (χ4n) is 1.81. The Kier molecular flexibility index (Phi) is 3.22. The summed E-state index contributed by atoms with van der Waals surface area (Å²) >= 11 is 1.68. The monoisotopic (exact) mass is 235 g/mol. The summed E-state index contributed by atoms with van der Waals surface area (Å²) in [5.74, 6) is -1.03. The van der Waals surface area contributed by atoms with Crippen LogP contribution in [-0.2, 0) is 11.2 Å². The predicted octanol–water partition coefficient (Wildman–Crippen LogP) is 0.194. The van der Waals surface area contributed by atoms with Crippen molar-refractivity contribution in [3.8, 4) is 0 Å². The summed E-state index contributed by atoms with van der Waals surface area (Å²) in [7, 11) is 0. The number of rotatable bonds is 4. The van der Waals surface area contributed by atoms with Gasteiger partial charge in [0.05, 0.1) is 6.04 Å². The summed E-state index contributed by atoms with van der Waals surface area (Å²) in [6.45, 7) is 0. The quantitative estimate of drug-likeness (QED) is 0.822. The second kappa shape index (κ2) is 4.63. The minimum absolute atomic E-state index is 0.0180. The molecule has 0 saturated heterocycles. The molecule has 0 spiro atoms. The molecule has 0 aliphatic rings. The van der Waals surface area contributed by atoms with Crippen LogP contribution in [0.2, 0.25) is 0 Å². The fourth-order valence-corrected chi connectivity index (χ4v) is 2.79. The first-order chi connectivity index (χ1) is 7.66. The van der Waals surface area contributed by atoms with E-state index >= 15 is 0 Å². The van der Waals surface area contributed by atoms with Crippen molar-refractivity contribution in [1.82, 2.24) is 0 Å². The Morgan fingerprint density at radius 1 is 1.44 bits per heavy atom. The Bertz CT molecular complexity index is 506. The third-order valence-electron chi connectivity index (χ3n) is 2.53. The summed E-state index contributed by atoms with van der Waals surface area (Å²) in [6, 6.07) is 8.01. The lowest BCUT2D eigenvalue weighted by atomic mass is 10.0. The van der Waals surface area contributed by atoms with Gasteiger partial charge in [-0.3, -0.25) is 0 Å². The SMILES string of the molecule is [NH3+][C@@H](CC(=O)[O-])Cc1csc2ccccc12. The first kappa shape index (κ1) is 11.1. The van der Waals surface area contributed by atoms with Gasteiger partial charge in [-0.15, -0.1) is 11.3 Å². The van der Waals surface area contributed by atoms with Crippen molar-refractivity contribution in [2.75, 3.05) is 0 Å². The number of hydrogen-bond acceptors (Lipinski definition) is 3. The number of quaternary nitrogens is 1. The average molecular weight is 235 g/mol. The van der Waals surface area contributed by atoms with E-state index in [9.17, 15) is 9.90 Å². The van der Waals surface area contributed by atoms with Crippen molar-refractivity contribution in [2.24, 2.45) is 0 Å². The second-order valence-corrected chi connectivity index (χ2v) is 4.81. The van der Waals surface area contributed by atoms with Crippen LogP contribution in [0.3, 0.4) is 0 Å². The molecular weight excluding hydrogens is 222 g/mol. The van der Waals surface area contributed by atoms with Crippen molar-refractivity contribution in [2.45, 2.75) is 18.9 Å². The van der Waals surface area contributed by atoms with Gasteiger partial charge >= 0.3 is 0 Å². The van der Waals surface area contributed by atoms with Crippen LogP contribution in [0.1, 0.15) is 12.0 Å². The lowest BCUT2D eigenvalue weighted by Crippen LogP contribution is -2.63. The van der Waals surface area contributed by atoms with Crippen LogP contribution in [0.4, 0.5) is 0 Å². The molecule has 3 N–H and O–H groups in total. The minimum atomic E-state index is -1.03. The van der Waals surface area contributed by atoms with Crippen LogP contribution in [0, 0.1) is 0 Å². The Morgan fingerprint density at radius 3 is 2.94 bits per heavy atom. The van der Waals surface area contributed by atoms with Crippen molar-refractivity contribution < 1.29 is 15.6 Å². The van der Waals surface area contributed by atoms with E-state index in [1.807, 2.05) is 12.1 Å². The third-order valence-corrected chi connectivity index (χ3v) is 3.54. The maximum absolute atomic E-state index is 10.5. The molecule has 1 aromatic carbocycles. The predicted molar refractivity (Wildman–Crippen MR) is 61.8 cm³/mol. The van der Waals surface area contributed by atoms with Crippen LogP contribution in [-0.4, -0.2) is 12.0 Å². The van der Waals surface area contributed by atoms with Crippen LogP contribution in [0.5, 0.6) is 0 Å². The zero-order chi connectivity index (χ0) is 11.5. The summed E-state index contributed by atoms with van der Waals surface area (Å²) in [6.07, 6.45) is 0.710. The van der Waals surface area contributed by atoms with E-state index < -0.39 is 5.97 Å². The van der Waals surface area contributed by atoms with E-state index in [1.54, 1.807) is 11.3 Å². The normalized spacial score (nSPS) is 12.8. The van der Waals surface area contributed by atoms with Gasteiger partial charge in [0, 0.05) is 23.5 Å². The van der Waals surface area contributed by atoms with Gasteiger partial charge in [0.2, 0.25) is 0 Å². The number of carboxylic acids is 1. The molecule has 1 atom stereocenters. The van der Waals surface area contributed by atoms with Gasteiger partial charge in [0.15, 0.2) is 0 Å². The highest BCUT2D eigenvalue weighted by atomic mass is 32.1.